The van der Waals surface area contributed by atoms with Gasteiger partial charge in [0.2, 0.25) is 0 Å². The first-order valence-electron chi connectivity index (χ1n) is 7.89. The monoisotopic (exact) mass is 329 g/mol. The van der Waals surface area contributed by atoms with Crippen LogP contribution in [-0.2, 0) is 21.5 Å². The van der Waals surface area contributed by atoms with Gasteiger partial charge in [-0.15, -0.1) is 0 Å². The fraction of sp³-hybridized carbons (Fsp3) is 0.368. The summed E-state index contributed by atoms with van der Waals surface area (Å²) in [6.07, 6.45) is 0.654. The maximum absolute atomic E-state index is 12.1. The van der Waals surface area contributed by atoms with Crippen LogP contribution in [0.4, 0.5) is 0 Å². The smallest absolute Gasteiger partial charge is 0.338 e. The molecule has 0 radical (unpaired) electrons. The largest absolute Gasteiger partial charge is 0.467 e. The Bertz CT molecular complexity index is 681. The van der Waals surface area contributed by atoms with Crippen LogP contribution in [-0.4, -0.2) is 18.0 Å². The van der Waals surface area contributed by atoms with Crippen molar-refractivity contribution < 1.29 is 18.7 Å². The van der Waals surface area contributed by atoms with E-state index in [0.29, 0.717) is 11.3 Å². The minimum absolute atomic E-state index is 0.0153. The van der Waals surface area contributed by atoms with E-state index in [9.17, 15) is 9.59 Å². The van der Waals surface area contributed by atoms with Crippen molar-refractivity contribution in [2.75, 3.05) is 0 Å². The van der Waals surface area contributed by atoms with Gasteiger partial charge in [0, 0.05) is 0 Å². The molecule has 0 saturated heterocycles. The Morgan fingerprint density at radius 1 is 1.17 bits per heavy atom. The van der Waals surface area contributed by atoms with Gasteiger partial charge in [-0.25, -0.2) is 4.79 Å². The summed E-state index contributed by atoms with van der Waals surface area (Å²) in [5.41, 5.74) is 1.57. The number of esters is 1. The lowest BCUT2D eigenvalue weighted by molar-refractivity contribution is -0.129. The van der Waals surface area contributed by atoms with Crippen LogP contribution in [0, 0.1) is 0 Å². The summed E-state index contributed by atoms with van der Waals surface area (Å²) in [6, 6.07) is 10.7. The Labute approximate surface area is 142 Å². The number of rotatable bonds is 5. The van der Waals surface area contributed by atoms with Crippen LogP contribution < -0.4 is 5.32 Å². The van der Waals surface area contributed by atoms with E-state index in [2.05, 4.69) is 26.1 Å². The second-order valence-electron chi connectivity index (χ2n) is 6.67. The minimum atomic E-state index is -0.880. The maximum atomic E-state index is 12.1. The van der Waals surface area contributed by atoms with Gasteiger partial charge in [0.05, 0.1) is 18.4 Å². The second-order valence-corrected chi connectivity index (χ2v) is 6.67. The Hall–Kier alpha value is -2.56. The number of benzene rings is 1. The lowest BCUT2D eigenvalue weighted by Gasteiger charge is -2.19. The number of carbonyl (C=O) groups is 2. The van der Waals surface area contributed by atoms with Gasteiger partial charge in [0.25, 0.3) is 5.91 Å². The molecule has 0 spiro atoms. The molecule has 0 bridgehead atoms. The molecular weight excluding hydrogens is 306 g/mol. The number of amides is 1. The predicted molar refractivity (Wildman–Crippen MR) is 90.6 cm³/mol. The molecule has 0 saturated carbocycles. The minimum Gasteiger partial charge on any atom is -0.467 e. The normalized spacial score (nSPS) is 12.5. The molecule has 0 aliphatic carbocycles. The molecule has 128 valence electrons. The fourth-order valence-corrected chi connectivity index (χ4v) is 2.12. The summed E-state index contributed by atoms with van der Waals surface area (Å²) in [4.78, 5) is 24.1. The summed E-state index contributed by atoms with van der Waals surface area (Å²) >= 11 is 0. The van der Waals surface area contributed by atoms with Crippen LogP contribution in [0.3, 0.4) is 0 Å². The third kappa shape index (κ3) is 4.72. The van der Waals surface area contributed by atoms with Gasteiger partial charge < -0.3 is 14.5 Å². The Morgan fingerprint density at radius 3 is 2.38 bits per heavy atom. The van der Waals surface area contributed by atoms with E-state index in [1.54, 1.807) is 31.2 Å². The molecule has 1 N–H and O–H groups in total. The highest BCUT2D eigenvalue weighted by molar-refractivity contribution is 5.92. The van der Waals surface area contributed by atoms with E-state index in [4.69, 9.17) is 9.15 Å². The first kappa shape index (κ1) is 17.8. The van der Waals surface area contributed by atoms with Gasteiger partial charge >= 0.3 is 5.97 Å². The van der Waals surface area contributed by atoms with Crippen LogP contribution in [0.25, 0.3) is 0 Å². The molecule has 1 amide bonds. The molecule has 5 heteroatoms. The Morgan fingerprint density at radius 2 is 1.83 bits per heavy atom. The number of ether oxygens (including phenoxy) is 1. The van der Waals surface area contributed by atoms with Crippen molar-refractivity contribution in [3.05, 3.63) is 59.5 Å². The molecule has 24 heavy (non-hydrogen) atoms. The van der Waals surface area contributed by atoms with Gasteiger partial charge in [-0.05, 0) is 42.2 Å². The molecule has 0 fully saturated rings. The molecular formula is C19H23NO4. The molecule has 2 rings (SSSR count). The highest BCUT2D eigenvalue weighted by Crippen LogP contribution is 2.22. The topological polar surface area (TPSA) is 68.5 Å². The van der Waals surface area contributed by atoms with Crippen LogP contribution in [0.5, 0.6) is 0 Å². The molecule has 5 nitrogen and oxygen atoms in total. The third-order valence-electron chi connectivity index (χ3n) is 3.66. The quantitative estimate of drug-likeness (QED) is 0.853. The van der Waals surface area contributed by atoms with E-state index in [0.717, 1.165) is 5.56 Å². The lowest BCUT2D eigenvalue weighted by atomic mass is 9.87. The number of nitrogens with one attached hydrogen (secondary N) is 1. The standard InChI is InChI=1S/C19H23NO4/c1-13(17(21)20-12-16-6-5-11-23-16)24-18(22)14-7-9-15(10-8-14)19(2,3)4/h5-11,13H,12H2,1-4H3,(H,20,21)/t13-/m0/s1. The number of hydrogen-bond acceptors (Lipinski definition) is 4. The van der Waals surface area contributed by atoms with Crippen molar-refractivity contribution in [1.29, 1.82) is 0 Å². The highest BCUT2D eigenvalue weighted by Gasteiger charge is 2.20. The van der Waals surface area contributed by atoms with Crippen LogP contribution in [0.1, 0.15) is 49.4 Å². The van der Waals surface area contributed by atoms with Crippen molar-refractivity contribution in [2.24, 2.45) is 0 Å². The summed E-state index contributed by atoms with van der Waals surface area (Å²) in [7, 11) is 0. The van der Waals surface area contributed by atoms with Gasteiger partial charge in [-0.2, -0.15) is 0 Å². The predicted octanol–water partition coefficient (Wildman–Crippen LogP) is 3.44. The molecule has 0 aliphatic rings. The van der Waals surface area contributed by atoms with E-state index in [-0.39, 0.29) is 17.9 Å². The van der Waals surface area contributed by atoms with Crippen molar-refractivity contribution in [2.45, 2.75) is 45.8 Å². The average molecular weight is 329 g/mol. The Kier molecular flexibility index (Phi) is 5.44. The second kappa shape index (κ2) is 7.34. The SMILES string of the molecule is C[C@H](OC(=O)c1ccc(C(C)(C)C)cc1)C(=O)NCc1ccco1. The molecule has 2 aromatic rings. The van der Waals surface area contributed by atoms with Crippen molar-refractivity contribution in [3.63, 3.8) is 0 Å². The maximum Gasteiger partial charge on any atom is 0.338 e. The molecule has 1 aromatic carbocycles. The number of furan rings is 1. The molecule has 1 atom stereocenters. The molecule has 0 unspecified atom stereocenters. The molecule has 1 aromatic heterocycles. The van der Waals surface area contributed by atoms with Crippen LogP contribution in [0.15, 0.2) is 47.1 Å². The van der Waals surface area contributed by atoms with E-state index < -0.39 is 12.1 Å². The summed E-state index contributed by atoms with van der Waals surface area (Å²) in [6.45, 7) is 8.11. The fourth-order valence-electron chi connectivity index (χ4n) is 2.12. The van der Waals surface area contributed by atoms with E-state index in [1.807, 2.05) is 12.1 Å². The summed E-state index contributed by atoms with van der Waals surface area (Å²) in [5, 5.41) is 2.66. The number of hydrogen-bond donors (Lipinski definition) is 1. The average Bonchev–Trinajstić information content (AvgIpc) is 3.05. The summed E-state index contributed by atoms with van der Waals surface area (Å²) in [5.74, 6) is -0.248. The van der Waals surface area contributed by atoms with Gasteiger partial charge in [0.1, 0.15) is 5.76 Å². The zero-order chi connectivity index (χ0) is 17.7. The van der Waals surface area contributed by atoms with Crippen molar-refractivity contribution >= 4 is 11.9 Å². The highest BCUT2D eigenvalue weighted by atomic mass is 16.5. The van der Waals surface area contributed by atoms with Crippen molar-refractivity contribution in [1.82, 2.24) is 5.32 Å². The molecule has 1 heterocycles. The van der Waals surface area contributed by atoms with E-state index >= 15 is 0 Å². The first-order valence-corrected chi connectivity index (χ1v) is 7.89. The van der Waals surface area contributed by atoms with Crippen LogP contribution in [0.2, 0.25) is 0 Å². The lowest BCUT2D eigenvalue weighted by Crippen LogP contribution is -2.35. The van der Waals surface area contributed by atoms with Crippen LogP contribution >= 0.6 is 0 Å². The molecule has 0 aliphatic heterocycles. The zero-order valence-electron chi connectivity index (χ0n) is 14.5. The first-order chi connectivity index (χ1) is 11.3. The van der Waals surface area contributed by atoms with Gasteiger partial charge in [-0.3, -0.25) is 4.79 Å². The Balaban J connectivity index is 1.89. The zero-order valence-corrected chi connectivity index (χ0v) is 14.5. The van der Waals surface area contributed by atoms with Gasteiger partial charge in [-0.1, -0.05) is 32.9 Å². The third-order valence-corrected chi connectivity index (χ3v) is 3.66. The summed E-state index contributed by atoms with van der Waals surface area (Å²) < 4.78 is 10.3. The van der Waals surface area contributed by atoms with Crippen molar-refractivity contribution in [3.8, 4) is 0 Å². The van der Waals surface area contributed by atoms with Gasteiger partial charge in [0.15, 0.2) is 6.10 Å². The number of carbonyl (C=O) groups excluding carboxylic acids is 2. The van der Waals surface area contributed by atoms with E-state index in [1.165, 1.54) is 6.26 Å².